The number of nitrogens with zero attached hydrogens (tertiary/aromatic N) is 1. The number of nitro benzene ring substituents is 1. The van der Waals surface area contributed by atoms with Crippen molar-refractivity contribution in [1.82, 2.24) is 0 Å². The minimum absolute atomic E-state index is 0.0284. The molecule has 0 aliphatic carbocycles. The number of anilines is 2. The molecule has 0 fully saturated rings. The molecule has 0 aromatic heterocycles. The van der Waals surface area contributed by atoms with Gasteiger partial charge in [-0.25, -0.2) is 4.79 Å². The van der Waals surface area contributed by atoms with E-state index in [9.17, 15) is 14.9 Å². The van der Waals surface area contributed by atoms with Crippen LogP contribution in [0.15, 0.2) is 46.9 Å². The molecule has 0 unspecified atom stereocenters. The van der Waals surface area contributed by atoms with Crippen LogP contribution in [0.5, 0.6) is 0 Å². The average Bonchev–Trinajstić information content (AvgIpc) is 2.54. The number of nitro groups is 1. The molecule has 1 amide bonds. The first-order valence-corrected chi connectivity index (χ1v) is 7.40. The van der Waals surface area contributed by atoms with Crippen LogP contribution in [0, 0.1) is 10.1 Å². The molecule has 0 radical (unpaired) electrons. The van der Waals surface area contributed by atoms with Gasteiger partial charge in [-0.1, -0.05) is 12.1 Å². The van der Waals surface area contributed by atoms with E-state index in [1.54, 1.807) is 18.2 Å². The maximum Gasteiger partial charge on any atom is 0.411 e. The second-order valence-electron chi connectivity index (χ2n) is 4.59. The molecule has 0 aliphatic rings. The lowest BCUT2D eigenvalue weighted by Gasteiger charge is -2.09. The third kappa shape index (κ3) is 4.68. The molecule has 0 heterocycles. The van der Waals surface area contributed by atoms with Gasteiger partial charge in [0.05, 0.1) is 12.0 Å². The minimum atomic E-state index is -0.523. The predicted molar refractivity (Wildman–Crippen MR) is 90.6 cm³/mol. The van der Waals surface area contributed by atoms with E-state index in [1.807, 2.05) is 12.1 Å². The number of hydrogen-bond donors (Lipinski definition) is 2. The highest BCUT2D eigenvalue weighted by Gasteiger charge is 2.08. The standard InChI is InChI=1S/C15H14BrN3O4/c1-23-15(20)18-11-4-2-10(3-5-11)9-17-14-7-6-12(19(21)22)8-13(14)16/h2-8,17H,9H2,1H3,(H,18,20). The Morgan fingerprint density at radius 1 is 1.26 bits per heavy atom. The quantitative estimate of drug-likeness (QED) is 0.601. The Kier molecular flexibility index (Phi) is 5.53. The van der Waals surface area contributed by atoms with Crippen LogP contribution >= 0.6 is 15.9 Å². The highest BCUT2D eigenvalue weighted by molar-refractivity contribution is 9.10. The SMILES string of the molecule is COC(=O)Nc1ccc(CNc2ccc([N+](=O)[O-])cc2Br)cc1. The summed E-state index contributed by atoms with van der Waals surface area (Å²) in [6, 6.07) is 11.8. The van der Waals surface area contributed by atoms with Crippen molar-refractivity contribution in [1.29, 1.82) is 0 Å². The van der Waals surface area contributed by atoms with Crippen LogP contribution in [-0.2, 0) is 11.3 Å². The molecule has 2 rings (SSSR count). The fourth-order valence-electron chi connectivity index (χ4n) is 1.83. The summed E-state index contributed by atoms with van der Waals surface area (Å²) in [7, 11) is 1.30. The summed E-state index contributed by atoms with van der Waals surface area (Å²) in [6.07, 6.45) is -0.523. The lowest BCUT2D eigenvalue weighted by atomic mass is 10.2. The Bertz CT molecular complexity index is 719. The van der Waals surface area contributed by atoms with Crippen molar-refractivity contribution in [3.8, 4) is 0 Å². The van der Waals surface area contributed by atoms with Crippen molar-refractivity contribution in [2.24, 2.45) is 0 Å². The summed E-state index contributed by atoms with van der Waals surface area (Å²) in [6.45, 7) is 0.537. The summed E-state index contributed by atoms with van der Waals surface area (Å²) in [5.41, 5.74) is 2.41. The molecule has 2 aromatic carbocycles. The van der Waals surface area contributed by atoms with Gasteiger partial charge in [0, 0.05) is 34.5 Å². The fraction of sp³-hybridized carbons (Fsp3) is 0.133. The van der Waals surface area contributed by atoms with Crippen molar-refractivity contribution < 1.29 is 14.5 Å². The number of hydrogen-bond acceptors (Lipinski definition) is 5. The third-order valence-corrected chi connectivity index (χ3v) is 3.69. The van der Waals surface area contributed by atoms with Crippen molar-refractivity contribution in [3.63, 3.8) is 0 Å². The van der Waals surface area contributed by atoms with E-state index in [0.717, 1.165) is 11.3 Å². The van der Waals surface area contributed by atoms with Crippen LogP contribution in [0.25, 0.3) is 0 Å². The van der Waals surface area contributed by atoms with Gasteiger partial charge in [0.25, 0.3) is 5.69 Å². The molecular formula is C15H14BrN3O4. The van der Waals surface area contributed by atoms with E-state index in [1.165, 1.54) is 19.2 Å². The van der Waals surface area contributed by atoms with Gasteiger partial charge in [-0.3, -0.25) is 15.4 Å². The number of rotatable bonds is 5. The Labute approximate surface area is 140 Å². The summed E-state index contributed by atoms with van der Waals surface area (Å²) >= 11 is 3.31. The van der Waals surface area contributed by atoms with E-state index >= 15 is 0 Å². The Balaban J connectivity index is 1.98. The zero-order valence-corrected chi connectivity index (χ0v) is 13.8. The normalized spacial score (nSPS) is 10.0. The van der Waals surface area contributed by atoms with Gasteiger partial charge in [-0.05, 0) is 39.7 Å². The molecule has 0 aliphatic heterocycles. The number of non-ortho nitro benzene ring substituents is 1. The molecule has 0 bridgehead atoms. The van der Waals surface area contributed by atoms with Gasteiger partial charge in [-0.15, -0.1) is 0 Å². The predicted octanol–water partition coefficient (Wildman–Crippen LogP) is 4.15. The summed E-state index contributed by atoms with van der Waals surface area (Å²) in [4.78, 5) is 21.3. The number of carbonyl (C=O) groups excluding carboxylic acids is 1. The van der Waals surface area contributed by atoms with Gasteiger partial charge >= 0.3 is 6.09 Å². The molecular weight excluding hydrogens is 366 g/mol. The third-order valence-electron chi connectivity index (χ3n) is 3.03. The van der Waals surface area contributed by atoms with Crippen molar-refractivity contribution in [2.45, 2.75) is 6.54 Å². The first-order chi connectivity index (χ1) is 11.0. The van der Waals surface area contributed by atoms with Crippen molar-refractivity contribution >= 4 is 39.1 Å². The molecule has 7 nitrogen and oxygen atoms in total. The summed E-state index contributed by atoms with van der Waals surface area (Å²) in [5.74, 6) is 0. The molecule has 0 saturated heterocycles. The molecule has 2 N–H and O–H groups in total. The highest BCUT2D eigenvalue weighted by atomic mass is 79.9. The topological polar surface area (TPSA) is 93.5 Å². The number of halogens is 1. The van der Waals surface area contributed by atoms with E-state index in [-0.39, 0.29) is 5.69 Å². The first kappa shape index (κ1) is 16.8. The Morgan fingerprint density at radius 3 is 2.52 bits per heavy atom. The number of ether oxygens (including phenoxy) is 1. The largest absolute Gasteiger partial charge is 0.453 e. The summed E-state index contributed by atoms with van der Waals surface area (Å²) < 4.78 is 5.13. The molecule has 8 heteroatoms. The zero-order chi connectivity index (χ0) is 16.8. The van der Waals surface area contributed by atoms with Gasteiger partial charge in [-0.2, -0.15) is 0 Å². The van der Waals surface area contributed by atoms with Gasteiger partial charge in [0.15, 0.2) is 0 Å². The number of nitrogens with one attached hydrogen (secondary N) is 2. The molecule has 0 spiro atoms. The van der Waals surface area contributed by atoms with Crippen LogP contribution < -0.4 is 10.6 Å². The molecule has 23 heavy (non-hydrogen) atoms. The van der Waals surface area contributed by atoms with Gasteiger partial charge < -0.3 is 10.1 Å². The Hall–Kier alpha value is -2.61. The van der Waals surface area contributed by atoms with E-state index in [4.69, 9.17) is 0 Å². The zero-order valence-electron chi connectivity index (χ0n) is 12.2. The lowest BCUT2D eigenvalue weighted by Crippen LogP contribution is -2.10. The van der Waals surface area contributed by atoms with Crippen molar-refractivity contribution in [3.05, 3.63) is 62.6 Å². The highest BCUT2D eigenvalue weighted by Crippen LogP contribution is 2.27. The van der Waals surface area contributed by atoms with Crippen LogP contribution in [-0.4, -0.2) is 18.1 Å². The van der Waals surface area contributed by atoms with Gasteiger partial charge in [0.1, 0.15) is 0 Å². The Morgan fingerprint density at radius 2 is 1.96 bits per heavy atom. The molecule has 0 atom stereocenters. The number of methoxy groups -OCH3 is 1. The average molecular weight is 380 g/mol. The fourth-order valence-corrected chi connectivity index (χ4v) is 2.34. The number of amides is 1. The van der Waals surface area contributed by atoms with E-state index < -0.39 is 11.0 Å². The van der Waals surface area contributed by atoms with Crippen LogP contribution in [0.3, 0.4) is 0 Å². The second kappa shape index (κ2) is 7.59. The molecule has 0 saturated carbocycles. The number of benzene rings is 2. The molecule has 2 aromatic rings. The summed E-state index contributed by atoms with van der Waals surface area (Å²) in [5, 5.41) is 16.5. The lowest BCUT2D eigenvalue weighted by molar-refractivity contribution is -0.384. The minimum Gasteiger partial charge on any atom is -0.453 e. The van der Waals surface area contributed by atoms with Gasteiger partial charge in [0.2, 0.25) is 0 Å². The maximum absolute atomic E-state index is 11.1. The monoisotopic (exact) mass is 379 g/mol. The second-order valence-corrected chi connectivity index (χ2v) is 5.44. The van der Waals surface area contributed by atoms with Crippen LogP contribution in [0.2, 0.25) is 0 Å². The van der Waals surface area contributed by atoms with E-state index in [0.29, 0.717) is 16.7 Å². The van der Waals surface area contributed by atoms with Crippen LogP contribution in [0.1, 0.15) is 5.56 Å². The first-order valence-electron chi connectivity index (χ1n) is 6.61. The van der Waals surface area contributed by atoms with Crippen molar-refractivity contribution in [2.75, 3.05) is 17.7 Å². The van der Waals surface area contributed by atoms with Crippen LogP contribution in [0.4, 0.5) is 21.9 Å². The van der Waals surface area contributed by atoms with E-state index in [2.05, 4.69) is 31.3 Å². The molecule has 120 valence electrons. The number of carbonyl (C=O) groups is 1. The maximum atomic E-state index is 11.1. The smallest absolute Gasteiger partial charge is 0.411 e.